The van der Waals surface area contributed by atoms with E-state index in [0.29, 0.717) is 58.5 Å². The zero-order valence-corrected chi connectivity index (χ0v) is 22.5. The van der Waals surface area contributed by atoms with Crippen LogP contribution in [0.5, 0.6) is 0 Å². The molecule has 200 valence electrons. The number of piperazine rings is 1. The predicted molar refractivity (Wildman–Crippen MR) is 139 cm³/mol. The van der Waals surface area contributed by atoms with Crippen LogP contribution in [0.1, 0.15) is 17.4 Å². The van der Waals surface area contributed by atoms with Gasteiger partial charge in [0.2, 0.25) is 15.9 Å². The minimum absolute atomic E-state index is 0.0627. The number of anilines is 2. The summed E-state index contributed by atoms with van der Waals surface area (Å²) in [7, 11) is -3.45. The molecule has 0 aliphatic carbocycles. The van der Waals surface area contributed by atoms with Gasteiger partial charge in [0.25, 0.3) is 0 Å². The number of fused-ring (bicyclic) bond motifs is 1. The summed E-state index contributed by atoms with van der Waals surface area (Å²) in [5.41, 5.74) is 1.03. The van der Waals surface area contributed by atoms with Gasteiger partial charge in [-0.3, -0.25) is 9.10 Å². The van der Waals surface area contributed by atoms with E-state index in [-0.39, 0.29) is 23.7 Å². The van der Waals surface area contributed by atoms with Crippen molar-refractivity contribution in [3.05, 3.63) is 46.1 Å². The van der Waals surface area contributed by atoms with E-state index in [2.05, 4.69) is 9.97 Å². The third-order valence-corrected chi connectivity index (χ3v) is 8.68. The number of halogens is 4. The lowest BCUT2D eigenvalue weighted by Crippen LogP contribution is -2.49. The highest BCUT2D eigenvalue weighted by Gasteiger charge is 2.30. The summed E-state index contributed by atoms with van der Waals surface area (Å²) < 4.78 is 63.7. The number of nitrogens with zero attached hydrogens (tertiary/aromatic N) is 5. The Bertz CT molecular complexity index is 1410. The standard InChI is InChI=1S/C23H25ClF3N5O3S2/c1-3-32(37(2,34)35)16-5-4-15(19(24)11-16)10-20(33)30-6-8-31(9-7-30)21-18-12-17(13-23(25,26)27)36-22(18)29-14-28-21/h4-5,11-12,14H,3,6-10,13H2,1-2H3. The molecule has 1 fully saturated rings. The number of aromatic nitrogens is 2. The van der Waals surface area contributed by atoms with Gasteiger partial charge >= 0.3 is 6.18 Å². The normalized spacial score (nSPS) is 14.9. The summed E-state index contributed by atoms with van der Waals surface area (Å²) in [6.07, 6.45) is -2.78. The summed E-state index contributed by atoms with van der Waals surface area (Å²) in [5, 5.41) is 0.885. The zero-order valence-electron chi connectivity index (χ0n) is 20.1. The Hall–Kier alpha value is -2.64. The van der Waals surface area contributed by atoms with Crippen LogP contribution < -0.4 is 9.21 Å². The lowest BCUT2D eigenvalue weighted by atomic mass is 10.1. The molecule has 0 N–H and O–H groups in total. The molecule has 2 aromatic heterocycles. The van der Waals surface area contributed by atoms with E-state index in [9.17, 15) is 26.4 Å². The Balaban J connectivity index is 1.41. The summed E-state index contributed by atoms with van der Waals surface area (Å²) in [5.74, 6) is 0.437. The van der Waals surface area contributed by atoms with Gasteiger partial charge in [0.15, 0.2) is 0 Å². The maximum Gasteiger partial charge on any atom is 0.393 e. The number of sulfonamides is 1. The molecule has 0 atom stereocenters. The first-order chi connectivity index (χ1) is 17.4. The molecule has 14 heteroatoms. The third kappa shape index (κ3) is 6.44. The molecule has 1 amide bonds. The molecule has 1 saturated heterocycles. The van der Waals surface area contributed by atoms with Crippen molar-refractivity contribution < 1.29 is 26.4 Å². The molecule has 0 spiro atoms. The van der Waals surface area contributed by atoms with Crippen molar-refractivity contribution in [2.24, 2.45) is 0 Å². The predicted octanol–water partition coefficient (Wildman–Crippen LogP) is 4.13. The molecular formula is C23H25ClF3N5O3S2. The molecule has 1 aliphatic rings. The molecule has 3 heterocycles. The smallest absolute Gasteiger partial charge is 0.352 e. The fourth-order valence-electron chi connectivity index (χ4n) is 4.32. The number of alkyl halides is 3. The molecule has 0 saturated carbocycles. The van der Waals surface area contributed by atoms with E-state index in [1.807, 2.05) is 4.90 Å². The number of carbonyl (C=O) groups excluding carboxylic acids is 1. The number of hydrogen-bond donors (Lipinski definition) is 0. The lowest BCUT2D eigenvalue weighted by Gasteiger charge is -2.35. The summed E-state index contributed by atoms with van der Waals surface area (Å²) >= 11 is 7.38. The monoisotopic (exact) mass is 575 g/mol. The van der Waals surface area contributed by atoms with Crippen LogP contribution in [-0.2, 0) is 27.7 Å². The highest BCUT2D eigenvalue weighted by molar-refractivity contribution is 7.92. The molecule has 1 aliphatic heterocycles. The van der Waals surface area contributed by atoms with Gasteiger partial charge in [-0.25, -0.2) is 18.4 Å². The van der Waals surface area contributed by atoms with Crippen molar-refractivity contribution >= 4 is 60.6 Å². The first-order valence-corrected chi connectivity index (χ1v) is 14.5. The van der Waals surface area contributed by atoms with E-state index < -0.39 is 22.6 Å². The first-order valence-electron chi connectivity index (χ1n) is 11.4. The Morgan fingerprint density at radius 1 is 1.16 bits per heavy atom. The number of hydrogen-bond acceptors (Lipinski definition) is 7. The highest BCUT2D eigenvalue weighted by atomic mass is 35.5. The largest absolute Gasteiger partial charge is 0.393 e. The van der Waals surface area contributed by atoms with Crippen LogP contribution in [0.15, 0.2) is 30.6 Å². The van der Waals surface area contributed by atoms with Crippen LogP contribution in [0.4, 0.5) is 24.7 Å². The van der Waals surface area contributed by atoms with Gasteiger partial charge in [0.1, 0.15) is 17.0 Å². The van der Waals surface area contributed by atoms with E-state index in [1.54, 1.807) is 30.0 Å². The van der Waals surface area contributed by atoms with Gasteiger partial charge in [0, 0.05) is 42.6 Å². The average Bonchev–Trinajstić information content (AvgIpc) is 3.21. The SMILES string of the molecule is CCN(c1ccc(CC(=O)N2CCN(c3ncnc4sc(CC(F)(F)F)cc34)CC2)c(Cl)c1)S(C)(=O)=O. The van der Waals surface area contributed by atoms with Crippen molar-refractivity contribution in [2.45, 2.75) is 25.9 Å². The fourth-order valence-corrected chi connectivity index (χ4v) is 6.54. The fraction of sp³-hybridized carbons (Fsp3) is 0.435. The van der Waals surface area contributed by atoms with Crippen molar-refractivity contribution in [3.63, 3.8) is 0 Å². The summed E-state index contributed by atoms with van der Waals surface area (Å²) in [6.45, 7) is 3.74. The number of thiophene rings is 1. The number of benzene rings is 1. The second-order valence-electron chi connectivity index (χ2n) is 8.67. The quantitative estimate of drug-likeness (QED) is 0.421. The Morgan fingerprint density at radius 2 is 1.86 bits per heavy atom. The molecule has 4 rings (SSSR count). The maximum absolute atomic E-state index is 13.0. The van der Waals surface area contributed by atoms with Gasteiger partial charge in [-0.05, 0) is 30.7 Å². The third-order valence-electron chi connectivity index (χ3n) is 6.02. The topological polar surface area (TPSA) is 86.7 Å². The van der Waals surface area contributed by atoms with Crippen molar-refractivity contribution in [2.75, 3.05) is 48.2 Å². The molecule has 0 bridgehead atoms. The summed E-state index contributed by atoms with van der Waals surface area (Å²) in [4.78, 5) is 25.7. The van der Waals surface area contributed by atoms with Crippen LogP contribution in [0, 0.1) is 0 Å². The van der Waals surface area contributed by atoms with Crippen LogP contribution >= 0.6 is 22.9 Å². The first kappa shape index (κ1) is 27.4. The summed E-state index contributed by atoms with van der Waals surface area (Å²) in [6, 6.07) is 6.33. The van der Waals surface area contributed by atoms with Gasteiger partial charge < -0.3 is 9.80 Å². The van der Waals surface area contributed by atoms with Crippen LogP contribution in [0.25, 0.3) is 10.2 Å². The van der Waals surface area contributed by atoms with E-state index in [4.69, 9.17) is 11.6 Å². The molecule has 8 nitrogen and oxygen atoms in total. The molecule has 37 heavy (non-hydrogen) atoms. The van der Waals surface area contributed by atoms with E-state index >= 15 is 0 Å². The lowest BCUT2D eigenvalue weighted by molar-refractivity contribution is -0.130. The van der Waals surface area contributed by atoms with Gasteiger partial charge in [-0.1, -0.05) is 17.7 Å². The van der Waals surface area contributed by atoms with Gasteiger partial charge in [0.05, 0.1) is 30.2 Å². The molecule has 3 aromatic rings. The number of carbonyl (C=O) groups is 1. The van der Waals surface area contributed by atoms with Gasteiger partial charge in [-0.15, -0.1) is 11.3 Å². The molecular weight excluding hydrogens is 551 g/mol. The minimum Gasteiger partial charge on any atom is -0.352 e. The highest BCUT2D eigenvalue weighted by Crippen LogP contribution is 2.34. The average molecular weight is 576 g/mol. The van der Waals surface area contributed by atoms with Crippen LogP contribution in [0.3, 0.4) is 0 Å². The maximum atomic E-state index is 13.0. The van der Waals surface area contributed by atoms with E-state index in [0.717, 1.165) is 17.6 Å². The Morgan fingerprint density at radius 3 is 2.46 bits per heavy atom. The van der Waals surface area contributed by atoms with Crippen molar-refractivity contribution in [3.8, 4) is 0 Å². The van der Waals surface area contributed by atoms with Gasteiger partial charge in [-0.2, -0.15) is 13.2 Å². The molecule has 1 aromatic carbocycles. The number of amides is 1. The Labute approximate surface area is 221 Å². The van der Waals surface area contributed by atoms with Crippen molar-refractivity contribution in [1.82, 2.24) is 14.9 Å². The van der Waals surface area contributed by atoms with Crippen LogP contribution in [0.2, 0.25) is 5.02 Å². The zero-order chi connectivity index (χ0) is 27.0. The van der Waals surface area contributed by atoms with Crippen LogP contribution in [-0.4, -0.2) is 74.3 Å². The van der Waals surface area contributed by atoms with Crippen molar-refractivity contribution in [1.29, 1.82) is 0 Å². The second-order valence-corrected chi connectivity index (χ2v) is 12.1. The molecule has 0 radical (unpaired) electrons. The molecule has 0 unspecified atom stereocenters. The Kier molecular flexibility index (Phi) is 7.86. The second kappa shape index (κ2) is 10.6. The minimum atomic E-state index is -4.30. The van der Waals surface area contributed by atoms with E-state index in [1.165, 1.54) is 16.7 Å². The number of rotatable bonds is 7.